The fraction of sp³-hybridized carbons (Fsp3) is 0.455. The molecular weight excluding hydrogens is 220 g/mol. The molecule has 1 aromatic rings. The molecule has 0 aliphatic carbocycles. The first-order chi connectivity index (χ1) is 8.22. The molecule has 0 radical (unpaired) electrons. The molecule has 0 fully saturated rings. The Bertz CT molecular complexity index is 357. The number of nitrogens with zero attached hydrogens (tertiary/aromatic N) is 1. The lowest BCUT2D eigenvalue weighted by Crippen LogP contribution is -2.18. The van der Waals surface area contributed by atoms with E-state index in [-0.39, 0.29) is 6.61 Å². The molecule has 1 amide bonds. The van der Waals surface area contributed by atoms with E-state index in [0.717, 1.165) is 24.3 Å². The third-order valence-corrected chi connectivity index (χ3v) is 1.99. The van der Waals surface area contributed by atoms with E-state index < -0.39 is 6.09 Å². The number of nitrogens with two attached hydrogens (primary N) is 1. The zero-order valence-corrected chi connectivity index (χ0v) is 9.90. The van der Waals surface area contributed by atoms with Crippen LogP contribution in [0, 0.1) is 0 Å². The highest BCUT2D eigenvalue weighted by Gasteiger charge is 1.97. The average molecular weight is 238 g/mol. The maximum absolute atomic E-state index is 10.3. The highest BCUT2D eigenvalue weighted by molar-refractivity contribution is 5.64. The van der Waals surface area contributed by atoms with Crippen LogP contribution in [0.2, 0.25) is 0 Å². The van der Waals surface area contributed by atoms with Gasteiger partial charge in [-0.15, -0.1) is 0 Å². The number of carbonyl (C=O) groups excluding carboxylic acids is 1. The molecule has 94 valence electrons. The molecule has 0 atom stereocenters. The summed E-state index contributed by atoms with van der Waals surface area (Å²) in [6.45, 7) is 3.75. The summed E-state index contributed by atoms with van der Waals surface area (Å²) in [5.41, 5.74) is 6.68. The van der Waals surface area contributed by atoms with Gasteiger partial charge in [-0.25, -0.2) is 4.79 Å². The molecule has 17 heavy (non-hydrogen) atoms. The monoisotopic (exact) mass is 238 g/mol. The summed E-state index contributed by atoms with van der Waals surface area (Å²) in [7, 11) is 0. The van der Waals surface area contributed by atoms with Crippen molar-refractivity contribution in [1.29, 1.82) is 0 Å². The number of primary amides is 1. The van der Waals surface area contributed by atoms with Gasteiger partial charge >= 0.3 is 6.09 Å². The Morgan fingerprint density at radius 2 is 2.00 bits per heavy atom. The first kappa shape index (κ1) is 13.1. The number of amides is 1. The van der Waals surface area contributed by atoms with E-state index in [1.165, 1.54) is 0 Å². The maximum atomic E-state index is 10.3. The fourth-order valence-electron chi connectivity index (χ4n) is 1.25. The second kappa shape index (κ2) is 7.32. The lowest BCUT2D eigenvalue weighted by atomic mass is 10.3. The molecule has 0 aromatic carbocycles. The summed E-state index contributed by atoms with van der Waals surface area (Å²) in [5.74, 6) is 0. The van der Waals surface area contributed by atoms with Gasteiger partial charge in [0.25, 0.3) is 0 Å². The number of hydrogen-bond acceptors (Lipinski definition) is 5. The Morgan fingerprint density at radius 1 is 1.35 bits per heavy atom. The molecule has 0 bridgehead atoms. The molecule has 0 aliphatic heterocycles. The second-order valence-electron chi connectivity index (χ2n) is 3.48. The third kappa shape index (κ3) is 5.60. The minimum Gasteiger partial charge on any atom is -0.448 e. The molecule has 1 rings (SSSR count). The Balaban J connectivity index is 2.34. The van der Waals surface area contributed by atoms with Crippen molar-refractivity contribution in [2.45, 2.75) is 13.3 Å². The van der Waals surface area contributed by atoms with Gasteiger partial charge in [0.1, 0.15) is 6.61 Å². The topological polar surface area (TPSA) is 89.3 Å². The van der Waals surface area contributed by atoms with E-state index in [1.807, 2.05) is 6.07 Å². The number of carbonyl (C=O) groups is 1. The van der Waals surface area contributed by atoms with Gasteiger partial charge in [-0.3, -0.25) is 4.98 Å². The summed E-state index contributed by atoms with van der Waals surface area (Å²) >= 11 is 0. The zero-order valence-electron chi connectivity index (χ0n) is 9.90. The smallest absolute Gasteiger partial charge is 0.404 e. The minimum atomic E-state index is -0.761. The molecule has 0 spiro atoms. The lowest BCUT2D eigenvalue weighted by molar-refractivity contribution is 0.161. The first-order valence-corrected chi connectivity index (χ1v) is 5.57. The van der Waals surface area contributed by atoms with Crippen molar-refractivity contribution < 1.29 is 9.53 Å². The van der Waals surface area contributed by atoms with Crippen LogP contribution in [-0.2, 0) is 4.74 Å². The van der Waals surface area contributed by atoms with Gasteiger partial charge in [0.05, 0.1) is 23.8 Å². The van der Waals surface area contributed by atoms with Gasteiger partial charge in [-0.05, 0) is 12.5 Å². The van der Waals surface area contributed by atoms with Crippen molar-refractivity contribution >= 4 is 17.5 Å². The van der Waals surface area contributed by atoms with E-state index in [2.05, 4.69) is 27.3 Å². The first-order valence-electron chi connectivity index (χ1n) is 5.57. The van der Waals surface area contributed by atoms with Gasteiger partial charge in [-0.1, -0.05) is 6.92 Å². The van der Waals surface area contributed by atoms with Crippen LogP contribution in [0.15, 0.2) is 18.5 Å². The Labute approximate surface area is 101 Å². The third-order valence-electron chi connectivity index (χ3n) is 1.99. The molecule has 0 aliphatic rings. The van der Waals surface area contributed by atoms with Crippen LogP contribution in [0.1, 0.15) is 13.3 Å². The quantitative estimate of drug-likeness (QED) is 0.625. The van der Waals surface area contributed by atoms with Crippen LogP contribution < -0.4 is 16.4 Å². The van der Waals surface area contributed by atoms with Gasteiger partial charge in [0, 0.05) is 13.1 Å². The Morgan fingerprint density at radius 3 is 2.59 bits per heavy atom. The molecule has 6 heteroatoms. The number of nitrogens with one attached hydrogen (secondary N) is 2. The number of aromatic nitrogens is 1. The fourth-order valence-corrected chi connectivity index (χ4v) is 1.25. The molecular formula is C11H18N4O2. The van der Waals surface area contributed by atoms with E-state index in [9.17, 15) is 4.79 Å². The summed E-state index contributed by atoms with van der Waals surface area (Å²) in [5, 5.41) is 6.32. The summed E-state index contributed by atoms with van der Waals surface area (Å²) in [6.07, 6.45) is 3.77. The van der Waals surface area contributed by atoms with E-state index in [0.29, 0.717) is 6.54 Å². The van der Waals surface area contributed by atoms with Crippen LogP contribution in [0.3, 0.4) is 0 Å². The van der Waals surface area contributed by atoms with Crippen LogP contribution in [0.4, 0.5) is 16.2 Å². The molecule has 0 saturated heterocycles. The van der Waals surface area contributed by atoms with Crippen molar-refractivity contribution in [3.63, 3.8) is 0 Å². The summed E-state index contributed by atoms with van der Waals surface area (Å²) in [4.78, 5) is 14.4. The molecule has 1 heterocycles. The van der Waals surface area contributed by atoms with E-state index in [4.69, 9.17) is 5.73 Å². The molecule has 6 nitrogen and oxygen atoms in total. The van der Waals surface area contributed by atoms with Crippen molar-refractivity contribution in [2.75, 3.05) is 30.3 Å². The summed E-state index contributed by atoms with van der Waals surface area (Å²) in [6, 6.07) is 1.95. The van der Waals surface area contributed by atoms with E-state index >= 15 is 0 Å². The predicted octanol–water partition coefficient (Wildman–Crippen LogP) is 1.41. The molecule has 1 aromatic heterocycles. The van der Waals surface area contributed by atoms with Crippen molar-refractivity contribution in [2.24, 2.45) is 5.73 Å². The standard InChI is InChI=1S/C11H18N4O2/c1-2-3-14-9-6-10(8-13-7-9)15-4-5-17-11(12)16/h6-8,14-15H,2-5H2,1H3,(H2,12,16). The SMILES string of the molecule is CCCNc1cncc(NCCOC(N)=O)c1. The second-order valence-corrected chi connectivity index (χ2v) is 3.48. The number of rotatable bonds is 7. The van der Waals surface area contributed by atoms with Crippen molar-refractivity contribution in [3.8, 4) is 0 Å². The van der Waals surface area contributed by atoms with Crippen LogP contribution >= 0.6 is 0 Å². The number of pyridine rings is 1. The van der Waals surface area contributed by atoms with Gasteiger partial charge in [0.2, 0.25) is 0 Å². The largest absolute Gasteiger partial charge is 0.448 e. The van der Waals surface area contributed by atoms with Crippen LogP contribution in [0.25, 0.3) is 0 Å². The number of anilines is 2. The Hall–Kier alpha value is -1.98. The number of ether oxygens (including phenoxy) is 1. The normalized spacial score (nSPS) is 9.71. The Kier molecular flexibility index (Phi) is 5.63. The average Bonchev–Trinajstić information content (AvgIpc) is 2.32. The molecule has 0 saturated carbocycles. The summed E-state index contributed by atoms with van der Waals surface area (Å²) < 4.78 is 4.60. The predicted molar refractivity (Wildman–Crippen MR) is 67.0 cm³/mol. The van der Waals surface area contributed by atoms with Crippen LogP contribution in [-0.4, -0.2) is 30.8 Å². The van der Waals surface area contributed by atoms with Gasteiger partial charge < -0.3 is 21.1 Å². The minimum absolute atomic E-state index is 0.238. The lowest BCUT2D eigenvalue weighted by Gasteiger charge is -2.08. The van der Waals surface area contributed by atoms with Gasteiger partial charge in [0.15, 0.2) is 0 Å². The van der Waals surface area contributed by atoms with Gasteiger partial charge in [-0.2, -0.15) is 0 Å². The highest BCUT2D eigenvalue weighted by atomic mass is 16.5. The number of hydrogen-bond donors (Lipinski definition) is 3. The van der Waals surface area contributed by atoms with E-state index in [1.54, 1.807) is 12.4 Å². The maximum Gasteiger partial charge on any atom is 0.404 e. The zero-order chi connectivity index (χ0) is 12.5. The molecule has 4 N–H and O–H groups in total. The molecule has 0 unspecified atom stereocenters. The van der Waals surface area contributed by atoms with Crippen molar-refractivity contribution in [1.82, 2.24) is 4.98 Å². The highest BCUT2D eigenvalue weighted by Crippen LogP contribution is 2.12. The van der Waals surface area contributed by atoms with Crippen molar-refractivity contribution in [3.05, 3.63) is 18.5 Å². The van der Waals surface area contributed by atoms with Crippen LogP contribution in [0.5, 0.6) is 0 Å².